The SMILES string of the molecule is CCCCC/C=C\C/C=C\CCCCCCCCCC(=O)OC(COC(=O)CCCCCCCCCCCCCCCCCCCCCCCCCCCCCCC)COC(OCC[N+](C)(C)C)C(=O)O. The number of likely N-dealkylation sites (N-methyl/N-ethyl adjacent to an activating group) is 1. The Kier molecular flexibility index (Phi) is 52.3. The Hall–Kier alpha value is -2.23. The molecule has 0 bridgehead atoms. The third kappa shape index (κ3) is 55.4. The molecule has 0 saturated carbocycles. The van der Waals surface area contributed by atoms with Crippen molar-refractivity contribution in [3.63, 3.8) is 0 Å². The molecule has 0 saturated heterocycles. The van der Waals surface area contributed by atoms with Crippen LogP contribution in [0.3, 0.4) is 0 Å². The van der Waals surface area contributed by atoms with Gasteiger partial charge in [0.25, 0.3) is 6.29 Å². The Balaban J connectivity index is 4.10. The maximum absolute atomic E-state index is 12.9. The van der Waals surface area contributed by atoms with Crippen molar-refractivity contribution in [2.75, 3.05) is 47.5 Å². The highest BCUT2D eigenvalue weighted by Crippen LogP contribution is 2.18. The molecule has 1 N–H and O–H groups in total. The molecule has 0 spiro atoms. The first-order valence-electron chi connectivity index (χ1n) is 30.5. The van der Waals surface area contributed by atoms with Gasteiger partial charge in [-0.2, -0.15) is 0 Å². The third-order valence-corrected chi connectivity index (χ3v) is 13.7. The summed E-state index contributed by atoms with van der Waals surface area (Å²) in [5.41, 5.74) is 0. The number of carbonyl (C=O) groups is 3. The fourth-order valence-corrected chi connectivity index (χ4v) is 8.99. The van der Waals surface area contributed by atoms with E-state index in [2.05, 4.69) is 38.2 Å². The maximum Gasteiger partial charge on any atom is 0.361 e. The van der Waals surface area contributed by atoms with Crippen molar-refractivity contribution in [3.8, 4) is 0 Å². The van der Waals surface area contributed by atoms with Crippen LogP contribution < -0.4 is 0 Å². The second-order valence-corrected chi connectivity index (χ2v) is 22.0. The summed E-state index contributed by atoms with van der Waals surface area (Å²) in [5.74, 6) is -2.00. The van der Waals surface area contributed by atoms with Gasteiger partial charge in [0.15, 0.2) is 6.10 Å². The van der Waals surface area contributed by atoms with E-state index >= 15 is 0 Å². The van der Waals surface area contributed by atoms with Gasteiger partial charge in [0, 0.05) is 12.8 Å². The number of hydrogen-bond donors (Lipinski definition) is 1. The standard InChI is InChI=1S/C62H117NO8/c1-6-8-10-12-14-16-18-20-22-24-25-26-27-28-29-30-31-32-33-34-35-37-38-40-42-44-46-48-50-52-59(64)69-56-58(57-70-62(61(66)67)68-55-54-63(3,4)5)71-60(65)53-51-49-47-45-43-41-39-36-23-21-19-17-15-13-11-9-7-2/h15,17,21,23,58,62H,6-14,16,18-20,22,24-57H2,1-5H3/p+1/b17-15-,23-21-. The van der Waals surface area contributed by atoms with E-state index in [0.717, 1.165) is 51.4 Å². The molecule has 0 amide bonds. The van der Waals surface area contributed by atoms with Gasteiger partial charge < -0.3 is 28.5 Å². The number of rotatable bonds is 57. The smallest absolute Gasteiger partial charge is 0.361 e. The molecule has 0 radical (unpaired) electrons. The quantitative estimate of drug-likeness (QED) is 0.0211. The topological polar surface area (TPSA) is 108 Å². The molecular weight excluding hydrogens is 887 g/mol. The Bertz CT molecular complexity index is 1210. The lowest BCUT2D eigenvalue weighted by Crippen LogP contribution is -2.40. The summed E-state index contributed by atoms with van der Waals surface area (Å²) < 4.78 is 22.9. The number of ether oxygens (including phenoxy) is 4. The summed E-state index contributed by atoms with van der Waals surface area (Å²) in [6.07, 6.45) is 61.3. The molecule has 0 rings (SSSR count). The molecule has 71 heavy (non-hydrogen) atoms. The molecule has 2 atom stereocenters. The van der Waals surface area contributed by atoms with Gasteiger partial charge in [-0.25, -0.2) is 4.79 Å². The summed E-state index contributed by atoms with van der Waals surface area (Å²) >= 11 is 0. The highest BCUT2D eigenvalue weighted by molar-refractivity contribution is 5.71. The summed E-state index contributed by atoms with van der Waals surface area (Å²) in [6.45, 7) is 4.89. The first kappa shape index (κ1) is 68.8. The summed E-state index contributed by atoms with van der Waals surface area (Å²) in [5, 5.41) is 9.70. The van der Waals surface area contributed by atoms with Crippen LogP contribution >= 0.6 is 0 Å². The lowest BCUT2D eigenvalue weighted by molar-refractivity contribution is -0.870. The molecule has 0 aliphatic rings. The van der Waals surface area contributed by atoms with E-state index in [4.69, 9.17) is 18.9 Å². The Morgan fingerprint density at radius 2 is 0.761 bits per heavy atom. The average Bonchev–Trinajstić information content (AvgIpc) is 3.34. The number of carbonyl (C=O) groups excluding carboxylic acids is 2. The van der Waals surface area contributed by atoms with Crippen LogP contribution in [0.15, 0.2) is 24.3 Å². The molecule has 9 nitrogen and oxygen atoms in total. The Labute approximate surface area is 439 Å². The minimum Gasteiger partial charge on any atom is -0.477 e. The number of allylic oxidation sites excluding steroid dienone is 4. The fraction of sp³-hybridized carbons (Fsp3) is 0.887. The number of quaternary nitrogens is 1. The van der Waals surface area contributed by atoms with E-state index in [-0.39, 0.29) is 32.2 Å². The van der Waals surface area contributed by atoms with Gasteiger partial charge in [0.2, 0.25) is 0 Å². The van der Waals surface area contributed by atoms with Crippen LogP contribution in [-0.2, 0) is 33.3 Å². The second-order valence-electron chi connectivity index (χ2n) is 22.0. The van der Waals surface area contributed by atoms with Gasteiger partial charge >= 0.3 is 17.9 Å². The van der Waals surface area contributed by atoms with Crippen molar-refractivity contribution in [1.29, 1.82) is 0 Å². The number of hydrogen-bond acceptors (Lipinski definition) is 7. The summed E-state index contributed by atoms with van der Waals surface area (Å²) in [7, 11) is 5.97. The van der Waals surface area contributed by atoms with E-state index in [1.165, 1.54) is 212 Å². The summed E-state index contributed by atoms with van der Waals surface area (Å²) in [6, 6.07) is 0. The molecule has 0 fully saturated rings. The van der Waals surface area contributed by atoms with Crippen LogP contribution in [-0.4, -0.2) is 87.4 Å². The number of carboxylic acid groups (broad SMARTS) is 1. The van der Waals surface area contributed by atoms with Gasteiger partial charge in [-0.1, -0.05) is 263 Å². The number of nitrogens with zero attached hydrogens (tertiary/aromatic N) is 1. The molecule has 0 aliphatic carbocycles. The van der Waals surface area contributed by atoms with Gasteiger partial charge in [-0.3, -0.25) is 9.59 Å². The van der Waals surface area contributed by atoms with Gasteiger partial charge in [-0.05, 0) is 44.9 Å². The molecule has 0 aliphatic heterocycles. The van der Waals surface area contributed by atoms with Gasteiger partial charge in [-0.15, -0.1) is 0 Å². The molecule has 418 valence electrons. The maximum atomic E-state index is 12.9. The first-order valence-corrected chi connectivity index (χ1v) is 30.5. The summed E-state index contributed by atoms with van der Waals surface area (Å²) in [4.78, 5) is 37.4. The van der Waals surface area contributed by atoms with Gasteiger partial charge in [0.05, 0.1) is 34.4 Å². The minimum absolute atomic E-state index is 0.180. The van der Waals surface area contributed by atoms with E-state index < -0.39 is 24.3 Å². The largest absolute Gasteiger partial charge is 0.477 e. The molecule has 2 unspecified atom stereocenters. The first-order chi connectivity index (χ1) is 34.6. The van der Waals surface area contributed by atoms with Crippen molar-refractivity contribution in [2.45, 2.75) is 309 Å². The second kappa shape index (κ2) is 54.0. The van der Waals surface area contributed by atoms with Crippen molar-refractivity contribution in [2.24, 2.45) is 0 Å². The van der Waals surface area contributed by atoms with E-state index in [0.29, 0.717) is 23.9 Å². The number of carboxylic acids is 1. The normalized spacial score (nSPS) is 12.9. The zero-order valence-electron chi connectivity index (χ0n) is 47.7. The third-order valence-electron chi connectivity index (χ3n) is 13.7. The predicted octanol–water partition coefficient (Wildman–Crippen LogP) is 17.9. The molecule has 0 heterocycles. The molecule has 0 aromatic carbocycles. The predicted molar refractivity (Wildman–Crippen MR) is 300 cm³/mol. The molecule has 9 heteroatoms. The van der Waals surface area contributed by atoms with Crippen LogP contribution in [0.4, 0.5) is 0 Å². The molecule has 0 aromatic rings. The van der Waals surface area contributed by atoms with Crippen molar-refractivity contribution < 1.29 is 42.9 Å². The fourth-order valence-electron chi connectivity index (χ4n) is 8.99. The zero-order chi connectivity index (χ0) is 52.0. The van der Waals surface area contributed by atoms with E-state index in [1.807, 2.05) is 21.1 Å². The lowest BCUT2D eigenvalue weighted by atomic mass is 10.0. The Morgan fingerprint density at radius 3 is 1.14 bits per heavy atom. The minimum atomic E-state index is -1.51. The highest BCUT2D eigenvalue weighted by Gasteiger charge is 2.25. The van der Waals surface area contributed by atoms with Crippen LogP contribution in [0, 0.1) is 0 Å². The average molecular weight is 1010 g/mol. The number of unbranched alkanes of at least 4 members (excludes halogenated alkanes) is 38. The van der Waals surface area contributed by atoms with Crippen LogP contribution in [0.25, 0.3) is 0 Å². The number of esters is 2. The van der Waals surface area contributed by atoms with E-state index in [1.54, 1.807) is 0 Å². The Morgan fingerprint density at radius 1 is 0.423 bits per heavy atom. The lowest BCUT2D eigenvalue weighted by Gasteiger charge is -2.25. The van der Waals surface area contributed by atoms with Crippen LogP contribution in [0.2, 0.25) is 0 Å². The van der Waals surface area contributed by atoms with Crippen LogP contribution in [0.1, 0.15) is 296 Å². The van der Waals surface area contributed by atoms with Crippen molar-refractivity contribution in [3.05, 3.63) is 24.3 Å². The molecule has 0 aromatic heterocycles. The zero-order valence-corrected chi connectivity index (χ0v) is 47.7. The molecular formula is C62H118NO8+. The van der Waals surface area contributed by atoms with Crippen molar-refractivity contribution >= 4 is 17.9 Å². The van der Waals surface area contributed by atoms with Gasteiger partial charge in [0.1, 0.15) is 13.2 Å². The number of aliphatic carboxylic acids is 1. The van der Waals surface area contributed by atoms with Crippen LogP contribution in [0.5, 0.6) is 0 Å². The monoisotopic (exact) mass is 1000 g/mol. The van der Waals surface area contributed by atoms with Crippen molar-refractivity contribution in [1.82, 2.24) is 0 Å². The van der Waals surface area contributed by atoms with E-state index in [9.17, 15) is 19.5 Å². The highest BCUT2D eigenvalue weighted by atomic mass is 16.7.